The summed E-state index contributed by atoms with van der Waals surface area (Å²) in [5.41, 5.74) is 6.13. The van der Waals surface area contributed by atoms with Crippen LogP contribution in [0, 0.1) is 0 Å². The zero-order valence-electron chi connectivity index (χ0n) is 18.4. The lowest BCUT2D eigenvalue weighted by Crippen LogP contribution is -2.34. The number of nitrogens with zero attached hydrogens (tertiary/aromatic N) is 1. The van der Waals surface area contributed by atoms with E-state index >= 15 is 0 Å². The van der Waals surface area contributed by atoms with E-state index in [-0.39, 0.29) is 12.0 Å². The van der Waals surface area contributed by atoms with Gasteiger partial charge in [-0.1, -0.05) is 78.4 Å². The second-order valence-corrected chi connectivity index (χ2v) is 9.31. The van der Waals surface area contributed by atoms with Gasteiger partial charge in [0, 0.05) is 27.9 Å². The number of rotatable bonds is 4. The summed E-state index contributed by atoms with van der Waals surface area (Å²) >= 11 is 6.13. The van der Waals surface area contributed by atoms with E-state index in [0.717, 1.165) is 30.0 Å². The van der Waals surface area contributed by atoms with E-state index in [0.29, 0.717) is 6.04 Å². The fourth-order valence-electron chi connectivity index (χ4n) is 5.26. The highest BCUT2D eigenvalue weighted by Gasteiger charge is 2.37. The third-order valence-electron chi connectivity index (χ3n) is 6.80. The summed E-state index contributed by atoms with van der Waals surface area (Å²) in [4.78, 5) is 2.47. The maximum atomic E-state index is 6.50. The van der Waals surface area contributed by atoms with Crippen LogP contribution in [-0.4, -0.2) is 17.0 Å². The molecule has 33 heavy (non-hydrogen) atoms. The van der Waals surface area contributed by atoms with Gasteiger partial charge < -0.3 is 9.64 Å². The molecule has 0 saturated heterocycles. The third-order valence-corrected chi connectivity index (χ3v) is 7.05. The van der Waals surface area contributed by atoms with Crippen LogP contribution in [0.25, 0.3) is 11.1 Å². The summed E-state index contributed by atoms with van der Waals surface area (Å²) in [7, 11) is 0. The smallest absolute Gasteiger partial charge is 0.130 e. The van der Waals surface area contributed by atoms with Crippen LogP contribution in [0.4, 0.5) is 0 Å². The number of hydrogen-bond acceptors (Lipinski definition) is 2. The van der Waals surface area contributed by atoms with Crippen LogP contribution in [0.15, 0.2) is 115 Å². The second-order valence-electron chi connectivity index (χ2n) is 8.88. The Hall–Kier alpha value is -3.23. The van der Waals surface area contributed by atoms with Gasteiger partial charge in [0.25, 0.3) is 0 Å². The highest BCUT2D eigenvalue weighted by Crippen LogP contribution is 2.47. The van der Waals surface area contributed by atoms with Crippen molar-refractivity contribution in [2.24, 2.45) is 0 Å². The van der Waals surface area contributed by atoms with Crippen LogP contribution in [0.2, 0.25) is 5.02 Å². The molecule has 0 fully saturated rings. The van der Waals surface area contributed by atoms with E-state index < -0.39 is 0 Å². The Morgan fingerprint density at radius 1 is 0.879 bits per heavy atom. The Balaban J connectivity index is 1.36. The van der Waals surface area contributed by atoms with Crippen LogP contribution in [-0.2, 0) is 0 Å². The highest BCUT2D eigenvalue weighted by atomic mass is 35.5. The first-order chi connectivity index (χ1) is 16.3. The monoisotopic (exact) mass is 451 g/mol. The number of ether oxygens (including phenoxy) is 1. The Labute approximate surface area is 200 Å². The maximum absolute atomic E-state index is 6.50. The van der Waals surface area contributed by atoms with E-state index in [1.165, 1.54) is 28.1 Å². The molecule has 3 unspecified atom stereocenters. The van der Waals surface area contributed by atoms with Gasteiger partial charge in [0.05, 0.1) is 6.04 Å². The van der Waals surface area contributed by atoms with Gasteiger partial charge in [0.15, 0.2) is 0 Å². The van der Waals surface area contributed by atoms with Gasteiger partial charge in [-0.2, -0.15) is 0 Å². The lowest BCUT2D eigenvalue weighted by atomic mass is 9.85. The molecule has 2 nitrogen and oxygen atoms in total. The largest absolute Gasteiger partial charge is 0.485 e. The van der Waals surface area contributed by atoms with Gasteiger partial charge in [-0.05, 0) is 66.8 Å². The second kappa shape index (κ2) is 8.61. The molecule has 0 spiro atoms. The minimum atomic E-state index is -0.00719. The Morgan fingerprint density at radius 2 is 1.79 bits per heavy atom. The normalized spacial score (nSPS) is 24.6. The molecular formula is C30H26ClNO. The molecule has 0 bridgehead atoms. The van der Waals surface area contributed by atoms with Crippen LogP contribution in [0.3, 0.4) is 0 Å². The quantitative estimate of drug-likeness (QED) is 0.471. The summed E-state index contributed by atoms with van der Waals surface area (Å²) in [6.45, 7) is 0. The molecule has 1 heterocycles. The van der Waals surface area contributed by atoms with Crippen LogP contribution in [0.1, 0.15) is 30.7 Å². The van der Waals surface area contributed by atoms with Gasteiger partial charge >= 0.3 is 0 Å². The standard InChI is InChI=1S/C30H26ClNO/c31-22-16-14-21(15-17-22)26-12-7-13-28-30(26)27-19-18-25(20-29(27)33-28)32(23-8-3-1-4-9-23)24-10-5-2-6-11-24/h1,3-5,7-8,10-20,23,27,29H,2,6,9H2. The van der Waals surface area contributed by atoms with Crippen molar-refractivity contribution >= 4 is 11.6 Å². The molecule has 1 aliphatic heterocycles. The van der Waals surface area contributed by atoms with Crippen LogP contribution >= 0.6 is 11.6 Å². The molecule has 0 aromatic heterocycles. The molecule has 2 aromatic carbocycles. The molecular weight excluding hydrogens is 426 g/mol. The van der Waals surface area contributed by atoms with Gasteiger partial charge in [-0.25, -0.2) is 0 Å². The zero-order valence-corrected chi connectivity index (χ0v) is 19.2. The molecule has 3 aliphatic carbocycles. The summed E-state index contributed by atoms with van der Waals surface area (Å²) in [6, 6.07) is 14.7. The van der Waals surface area contributed by atoms with Crippen molar-refractivity contribution in [3.63, 3.8) is 0 Å². The highest BCUT2D eigenvalue weighted by molar-refractivity contribution is 6.30. The number of allylic oxidation sites excluding steroid dienone is 6. The minimum absolute atomic E-state index is 0.00719. The number of halogens is 1. The van der Waals surface area contributed by atoms with E-state index in [9.17, 15) is 0 Å². The van der Waals surface area contributed by atoms with Crippen molar-refractivity contribution in [3.05, 3.63) is 125 Å². The molecule has 3 heteroatoms. The maximum Gasteiger partial charge on any atom is 0.130 e. The van der Waals surface area contributed by atoms with E-state index in [4.69, 9.17) is 16.3 Å². The fraction of sp³-hybridized carbons (Fsp3) is 0.200. The Kier molecular flexibility index (Phi) is 5.32. The Morgan fingerprint density at radius 3 is 2.58 bits per heavy atom. The van der Waals surface area contributed by atoms with E-state index in [2.05, 4.69) is 96.0 Å². The first-order valence-electron chi connectivity index (χ1n) is 11.7. The summed E-state index contributed by atoms with van der Waals surface area (Å²) in [5.74, 6) is 1.18. The van der Waals surface area contributed by atoms with Crippen LogP contribution in [0.5, 0.6) is 5.75 Å². The summed E-state index contributed by atoms with van der Waals surface area (Å²) < 4.78 is 6.50. The number of fused-ring (bicyclic) bond motifs is 3. The number of hydrogen-bond donors (Lipinski definition) is 0. The lowest BCUT2D eigenvalue weighted by molar-refractivity contribution is 0.260. The predicted octanol–water partition coefficient (Wildman–Crippen LogP) is 7.73. The average molecular weight is 452 g/mol. The first-order valence-corrected chi connectivity index (χ1v) is 12.1. The molecule has 0 N–H and O–H groups in total. The first kappa shape index (κ1) is 20.4. The molecule has 0 saturated carbocycles. The van der Waals surface area contributed by atoms with Crippen molar-refractivity contribution in [1.29, 1.82) is 0 Å². The van der Waals surface area contributed by atoms with E-state index in [1.807, 2.05) is 12.1 Å². The molecule has 2 aromatic rings. The third kappa shape index (κ3) is 3.79. The topological polar surface area (TPSA) is 12.5 Å². The average Bonchev–Trinajstić information content (AvgIpc) is 3.24. The van der Waals surface area contributed by atoms with Crippen molar-refractivity contribution in [2.45, 2.75) is 37.3 Å². The van der Waals surface area contributed by atoms with E-state index in [1.54, 1.807) is 0 Å². The van der Waals surface area contributed by atoms with Gasteiger partial charge in [0.2, 0.25) is 0 Å². The molecule has 164 valence electrons. The SMILES string of the molecule is Clc1ccc(-c2cccc3c2C2C=CC(N(C4=CCCC=C4)C4C=CC=CC4)=CC2O3)cc1. The molecule has 0 amide bonds. The van der Waals surface area contributed by atoms with Crippen molar-refractivity contribution in [3.8, 4) is 16.9 Å². The molecule has 0 radical (unpaired) electrons. The molecule has 6 rings (SSSR count). The van der Waals surface area contributed by atoms with Crippen molar-refractivity contribution in [1.82, 2.24) is 4.90 Å². The molecule has 4 aliphatic rings. The predicted molar refractivity (Wildman–Crippen MR) is 136 cm³/mol. The molecule has 3 atom stereocenters. The minimum Gasteiger partial charge on any atom is -0.485 e. The summed E-state index contributed by atoms with van der Waals surface area (Å²) in [6.07, 6.45) is 25.9. The zero-order chi connectivity index (χ0) is 22.2. The summed E-state index contributed by atoms with van der Waals surface area (Å²) in [5, 5.41) is 0.753. The van der Waals surface area contributed by atoms with Gasteiger partial charge in [-0.3, -0.25) is 0 Å². The van der Waals surface area contributed by atoms with Gasteiger partial charge in [-0.15, -0.1) is 0 Å². The number of benzene rings is 2. The lowest BCUT2D eigenvalue weighted by Gasteiger charge is -2.36. The van der Waals surface area contributed by atoms with Gasteiger partial charge in [0.1, 0.15) is 11.9 Å². The van der Waals surface area contributed by atoms with Crippen LogP contribution < -0.4 is 4.74 Å². The Bertz CT molecular complexity index is 1240. The fourth-order valence-corrected chi connectivity index (χ4v) is 5.38. The van der Waals surface area contributed by atoms with Crippen molar-refractivity contribution < 1.29 is 4.74 Å². The van der Waals surface area contributed by atoms with Crippen molar-refractivity contribution in [2.75, 3.05) is 0 Å².